The Labute approximate surface area is 170 Å². The van der Waals surface area contributed by atoms with Crippen LogP contribution in [0.25, 0.3) is 0 Å². The third-order valence-corrected chi connectivity index (χ3v) is 4.91. The Morgan fingerprint density at radius 2 is 2.10 bits per heavy atom. The summed E-state index contributed by atoms with van der Waals surface area (Å²) in [6.07, 6.45) is 2.70. The van der Waals surface area contributed by atoms with E-state index in [0.29, 0.717) is 27.9 Å². The standard InChI is InChI=1S/C19H22N6O3S/c1-11(2)28-14-7-6-12(29(26)22-3)9-13(14)25-19-16(18(21)23-10-24-19)17(20)15-5-4-8-27-15/h4-11,20,22H,1-3H3,(H3,21,23,24,25). The van der Waals surface area contributed by atoms with Crippen LogP contribution < -0.4 is 20.5 Å². The van der Waals surface area contributed by atoms with Gasteiger partial charge in [0.2, 0.25) is 0 Å². The molecule has 3 rings (SSSR count). The van der Waals surface area contributed by atoms with Gasteiger partial charge in [-0.25, -0.2) is 18.9 Å². The minimum Gasteiger partial charge on any atom is -0.489 e. The first-order chi connectivity index (χ1) is 13.9. The zero-order chi connectivity index (χ0) is 21.0. The van der Waals surface area contributed by atoms with E-state index in [-0.39, 0.29) is 23.2 Å². The summed E-state index contributed by atoms with van der Waals surface area (Å²) in [5.74, 6) is 1.31. The number of aromatic nitrogens is 2. The molecule has 0 aliphatic rings. The maximum absolute atomic E-state index is 12.2. The second-order valence-electron chi connectivity index (χ2n) is 6.26. The highest BCUT2D eigenvalue weighted by molar-refractivity contribution is 7.83. The van der Waals surface area contributed by atoms with Crippen LogP contribution in [0.1, 0.15) is 25.2 Å². The van der Waals surface area contributed by atoms with Crippen molar-refractivity contribution in [1.29, 1.82) is 5.41 Å². The smallest absolute Gasteiger partial charge is 0.152 e. The summed E-state index contributed by atoms with van der Waals surface area (Å²) in [5.41, 5.74) is 6.90. The molecule has 1 unspecified atom stereocenters. The number of ether oxygens (including phenoxy) is 1. The molecule has 2 heterocycles. The third-order valence-electron chi connectivity index (χ3n) is 3.86. The first-order valence-electron chi connectivity index (χ1n) is 8.80. The molecule has 1 atom stereocenters. The van der Waals surface area contributed by atoms with E-state index in [4.69, 9.17) is 20.3 Å². The van der Waals surface area contributed by atoms with Crippen molar-refractivity contribution in [3.8, 4) is 5.75 Å². The first kappa shape index (κ1) is 20.5. The SMILES string of the molecule is CNS(=O)c1ccc(OC(C)C)c(Nc2ncnc(N)c2C(=N)c2ccco2)c1. The van der Waals surface area contributed by atoms with Gasteiger partial charge in [-0.3, -0.25) is 5.41 Å². The van der Waals surface area contributed by atoms with Crippen LogP contribution in [0.5, 0.6) is 5.75 Å². The van der Waals surface area contributed by atoms with E-state index >= 15 is 0 Å². The lowest BCUT2D eigenvalue weighted by Crippen LogP contribution is -2.14. The predicted molar refractivity (Wildman–Crippen MR) is 112 cm³/mol. The van der Waals surface area contributed by atoms with E-state index in [9.17, 15) is 4.21 Å². The number of anilines is 3. The van der Waals surface area contributed by atoms with Gasteiger partial charge in [0.25, 0.3) is 0 Å². The maximum Gasteiger partial charge on any atom is 0.152 e. The Hall–Kier alpha value is -3.24. The van der Waals surface area contributed by atoms with Gasteiger partial charge in [0.15, 0.2) is 5.76 Å². The molecular formula is C19H22N6O3S. The molecule has 0 saturated heterocycles. The van der Waals surface area contributed by atoms with Crippen molar-refractivity contribution in [1.82, 2.24) is 14.7 Å². The van der Waals surface area contributed by atoms with Gasteiger partial charge in [-0.1, -0.05) is 0 Å². The van der Waals surface area contributed by atoms with Crippen LogP contribution in [-0.4, -0.2) is 33.0 Å². The van der Waals surface area contributed by atoms with E-state index in [1.165, 1.54) is 12.6 Å². The molecule has 9 nitrogen and oxygen atoms in total. The van der Waals surface area contributed by atoms with Crippen LogP contribution in [0.3, 0.4) is 0 Å². The highest BCUT2D eigenvalue weighted by Crippen LogP contribution is 2.32. The Bertz CT molecular complexity index is 1040. The molecule has 0 bridgehead atoms. The number of rotatable bonds is 8. The minimum absolute atomic E-state index is 0.0388. The monoisotopic (exact) mass is 414 g/mol. The fourth-order valence-corrected chi connectivity index (χ4v) is 3.26. The number of nitrogens with one attached hydrogen (secondary N) is 3. The van der Waals surface area contributed by atoms with E-state index in [1.807, 2.05) is 13.8 Å². The van der Waals surface area contributed by atoms with Gasteiger partial charge >= 0.3 is 0 Å². The Morgan fingerprint density at radius 1 is 1.31 bits per heavy atom. The Kier molecular flexibility index (Phi) is 6.25. The number of nitrogen functional groups attached to an aromatic ring is 1. The number of hydrogen-bond acceptors (Lipinski definition) is 8. The molecule has 0 fully saturated rings. The number of benzene rings is 1. The molecule has 29 heavy (non-hydrogen) atoms. The van der Waals surface area contributed by atoms with E-state index in [2.05, 4.69) is 20.0 Å². The molecule has 0 spiro atoms. The molecule has 1 aromatic carbocycles. The summed E-state index contributed by atoms with van der Waals surface area (Å²) in [6, 6.07) is 8.48. The van der Waals surface area contributed by atoms with Crippen LogP contribution in [0.15, 0.2) is 52.2 Å². The van der Waals surface area contributed by atoms with Crippen LogP contribution >= 0.6 is 0 Å². The molecule has 3 aromatic rings. The molecular weight excluding hydrogens is 392 g/mol. The zero-order valence-corrected chi connectivity index (χ0v) is 17.0. The average Bonchev–Trinajstić information content (AvgIpc) is 3.23. The predicted octanol–water partition coefficient (Wildman–Crippen LogP) is 2.84. The highest BCUT2D eigenvalue weighted by atomic mass is 32.2. The second kappa shape index (κ2) is 8.84. The highest BCUT2D eigenvalue weighted by Gasteiger charge is 2.20. The number of nitrogens with zero attached hydrogens (tertiary/aromatic N) is 2. The molecule has 0 aliphatic carbocycles. The molecule has 0 amide bonds. The van der Waals surface area contributed by atoms with E-state index in [1.54, 1.807) is 37.4 Å². The van der Waals surface area contributed by atoms with Crippen LogP contribution in [0, 0.1) is 5.41 Å². The summed E-state index contributed by atoms with van der Waals surface area (Å²) < 4.78 is 26.1. The van der Waals surface area contributed by atoms with Gasteiger partial charge in [-0.05, 0) is 51.2 Å². The summed E-state index contributed by atoms with van der Waals surface area (Å²) in [7, 11) is 0.224. The first-order valence-corrected chi connectivity index (χ1v) is 9.95. The van der Waals surface area contributed by atoms with Crippen molar-refractivity contribution >= 4 is 34.0 Å². The van der Waals surface area contributed by atoms with Gasteiger partial charge in [0, 0.05) is 0 Å². The summed E-state index contributed by atoms with van der Waals surface area (Å²) >= 11 is 0. The van der Waals surface area contributed by atoms with Crippen molar-refractivity contribution in [2.24, 2.45) is 0 Å². The lowest BCUT2D eigenvalue weighted by molar-refractivity contribution is 0.243. The molecule has 2 aromatic heterocycles. The maximum atomic E-state index is 12.2. The van der Waals surface area contributed by atoms with Gasteiger partial charge in [0.05, 0.1) is 28.5 Å². The van der Waals surface area contributed by atoms with Gasteiger partial charge in [-0.2, -0.15) is 0 Å². The minimum atomic E-state index is -1.38. The fourth-order valence-electron chi connectivity index (χ4n) is 2.61. The van der Waals surface area contributed by atoms with Crippen LogP contribution in [0.4, 0.5) is 17.3 Å². The Balaban J connectivity index is 2.06. The van der Waals surface area contributed by atoms with Crippen molar-refractivity contribution in [2.75, 3.05) is 18.1 Å². The van der Waals surface area contributed by atoms with Gasteiger partial charge in [-0.15, -0.1) is 0 Å². The zero-order valence-electron chi connectivity index (χ0n) is 16.2. The Morgan fingerprint density at radius 3 is 2.76 bits per heavy atom. The van der Waals surface area contributed by atoms with E-state index in [0.717, 1.165) is 0 Å². The molecule has 152 valence electrons. The van der Waals surface area contributed by atoms with Crippen molar-refractivity contribution in [2.45, 2.75) is 24.8 Å². The molecule has 10 heteroatoms. The largest absolute Gasteiger partial charge is 0.489 e. The van der Waals surface area contributed by atoms with E-state index < -0.39 is 11.0 Å². The number of furan rings is 1. The lowest BCUT2D eigenvalue weighted by atomic mass is 10.1. The van der Waals surface area contributed by atoms with Gasteiger partial charge in [0.1, 0.15) is 40.4 Å². The molecule has 0 radical (unpaired) electrons. The summed E-state index contributed by atoms with van der Waals surface area (Å²) in [4.78, 5) is 8.80. The molecule has 5 N–H and O–H groups in total. The quantitative estimate of drug-likeness (QED) is 0.416. The van der Waals surface area contributed by atoms with Crippen LogP contribution in [-0.2, 0) is 11.0 Å². The summed E-state index contributed by atoms with van der Waals surface area (Å²) in [6.45, 7) is 3.81. The second-order valence-corrected chi connectivity index (χ2v) is 7.67. The fraction of sp³-hybridized carbons (Fsp3) is 0.211. The number of hydrogen-bond donors (Lipinski definition) is 4. The average molecular weight is 414 g/mol. The third kappa shape index (κ3) is 4.61. The topological polar surface area (TPSA) is 139 Å². The van der Waals surface area contributed by atoms with Crippen molar-refractivity contribution in [3.63, 3.8) is 0 Å². The molecule has 0 saturated carbocycles. The summed E-state index contributed by atoms with van der Waals surface area (Å²) in [5, 5.41) is 11.6. The lowest BCUT2D eigenvalue weighted by Gasteiger charge is -2.18. The molecule has 0 aliphatic heterocycles. The van der Waals surface area contributed by atoms with Gasteiger partial charge < -0.3 is 20.2 Å². The van der Waals surface area contributed by atoms with Crippen molar-refractivity contribution < 1.29 is 13.4 Å². The van der Waals surface area contributed by atoms with Crippen molar-refractivity contribution in [3.05, 3.63) is 54.2 Å². The number of nitrogens with two attached hydrogens (primary N) is 1. The normalized spacial score (nSPS) is 12.0. The van der Waals surface area contributed by atoms with Crippen LogP contribution in [0.2, 0.25) is 0 Å².